The molecule has 0 spiro atoms. The molecular weight excluding hydrogens is 234 g/mol. The molecular formula is C12H17N3O3. The highest BCUT2D eigenvalue weighted by atomic mass is 16.6. The fourth-order valence-corrected chi connectivity index (χ4v) is 2.42. The molecule has 2 N–H and O–H groups in total. The van der Waals surface area contributed by atoms with Gasteiger partial charge in [-0.3, -0.25) is 10.1 Å². The first-order valence-corrected chi connectivity index (χ1v) is 5.96. The Labute approximate surface area is 105 Å². The zero-order valence-electron chi connectivity index (χ0n) is 10.3. The quantitative estimate of drug-likeness (QED) is 0.648. The third-order valence-electron chi connectivity index (χ3n) is 3.34. The average Bonchev–Trinajstić information content (AvgIpc) is 2.86. The summed E-state index contributed by atoms with van der Waals surface area (Å²) in [5, 5.41) is 11.1. The highest BCUT2D eigenvalue weighted by Crippen LogP contribution is 2.35. The van der Waals surface area contributed by atoms with Crippen molar-refractivity contribution < 1.29 is 9.66 Å². The number of nitro groups is 1. The Bertz CT molecular complexity index is 450. The first-order chi connectivity index (χ1) is 8.67. The van der Waals surface area contributed by atoms with Crippen LogP contribution >= 0.6 is 0 Å². The number of benzene rings is 1. The largest absolute Gasteiger partial charge is 0.496 e. The first-order valence-electron chi connectivity index (χ1n) is 5.96. The van der Waals surface area contributed by atoms with Gasteiger partial charge in [0.15, 0.2) is 0 Å². The molecule has 0 bridgehead atoms. The van der Waals surface area contributed by atoms with Crippen LogP contribution < -0.4 is 15.4 Å². The van der Waals surface area contributed by atoms with Crippen molar-refractivity contribution in [3.05, 3.63) is 28.3 Å². The molecule has 18 heavy (non-hydrogen) atoms. The van der Waals surface area contributed by atoms with Crippen molar-refractivity contribution in [3.63, 3.8) is 0 Å². The molecule has 1 heterocycles. The minimum atomic E-state index is -0.371. The van der Waals surface area contributed by atoms with Crippen molar-refractivity contribution in [3.8, 4) is 5.75 Å². The predicted molar refractivity (Wildman–Crippen MR) is 69.1 cm³/mol. The average molecular weight is 251 g/mol. The van der Waals surface area contributed by atoms with Crippen LogP contribution in [0.5, 0.6) is 5.75 Å². The lowest BCUT2D eigenvalue weighted by atomic mass is 10.2. The summed E-state index contributed by atoms with van der Waals surface area (Å²) in [7, 11) is 1.50. The monoisotopic (exact) mass is 251 g/mol. The van der Waals surface area contributed by atoms with Gasteiger partial charge in [-0.25, -0.2) is 0 Å². The van der Waals surface area contributed by atoms with Crippen LogP contribution in [0.25, 0.3) is 0 Å². The molecule has 1 saturated heterocycles. The minimum absolute atomic E-state index is 0.0784. The van der Waals surface area contributed by atoms with Gasteiger partial charge in [0.25, 0.3) is 5.69 Å². The molecule has 1 aliphatic rings. The molecule has 1 aromatic rings. The van der Waals surface area contributed by atoms with E-state index in [1.54, 1.807) is 12.1 Å². The molecule has 1 atom stereocenters. The molecule has 1 unspecified atom stereocenters. The second kappa shape index (κ2) is 5.22. The van der Waals surface area contributed by atoms with E-state index in [9.17, 15) is 10.1 Å². The van der Waals surface area contributed by atoms with Gasteiger partial charge in [0.2, 0.25) is 0 Å². The fourth-order valence-electron chi connectivity index (χ4n) is 2.42. The maximum absolute atomic E-state index is 11.1. The molecule has 1 fully saturated rings. The van der Waals surface area contributed by atoms with E-state index in [0.717, 1.165) is 19.4 Å². The zero-order chi connectivity index (χ0) is 13.1. The van der Waals surface area contributed by atoms with Crippen molar-refractivity contribution in [1.82, 2.24) is 0 Å². The Balaban J connectivity index is 2.40. The van der Waals surface area contributed by atoms with E-state index in [-0.39, 0.29) is 16.7 Å². The maximum Gasteiger partial charge on any atom is 0.296 e. The second-order valence-corrected chi connectivity index (χ2v) is 4.34. The van der Waals surface area contributed by atoms with Crippen molar-refractivity contribution in [2.75, 3.05) is 25.1 Å². The molecule has 0 amide bonds. The van der Waals surface area contributed by atoms with Gasteiger partial charge in [0.1, 0.15) is 11.4 Å². The van der Waals surface area contributed by atoms with Crippen LogP contribution in [-0.4, -0.2) is 31.2 Å². The molecule has 0 aliphatic carbocycles. The van der Waals surface area contributed by atoms with Crippen LogP contribution in [0.1, 0.15) is 12.8 Å². The Morgan fingerprint density at radius 2 is 2.39 bits per heavy atom. The number of ether oxygens (including phenoxy) is 1. The van der Waals surface area contributed by atoms with Gasteiger partial charge in [0.05, 0.1) is 18.1 Å². The van der Waals surface area contributed by atoms with E-state index in [0.29, 0.717) is 18.0 Å². The van der Waals surface area contributed by atoms with Gasteiger partial charge >= 0.3 is 0 Å². The number of hydrogen-bond donors (Lipinski definition) is 1. The van der Waals surface area contributed by atoms with Gasteiger partial charge in [-0.15, -0.1) is 0 Å². The summed E-state index contributed by atoms with van der Waals surface area (Å²) < 4.78 is 5.03. The Morgan fingerprint density at radius 3 is 3.00 bits per heavy atom. The number of methoxy groups -OCH3 is 1. The third kappa shape index (κ3) is 2.24. The Kier molecular flexibility index (Phi) is 3.66. The highest BCUT2D eigenvalue weighted by molar-refractivity contribution is 5.66. The molecule has 2 rings (SSSR count). The molecule has 1 aromatic carbocycles. The molecule has 6 nitrogen and oxygen atoms in total. The van der Waals surface area contributed by atoms with Gasteiger partial charge in [-0.05, 0) is 25.0 Å². The van der Waals surface area contributed by atoms with E-state index < -0.39 is 0 Å². The van der Waals surface area contributed by atoms with Crippen molar-refractivity contribution in [2.24, 2.45) is 5.73 Å². The van der Waals surface area contributed by atoms with Gasteiger partial charge in [-0.1, -0.05) is 0 Å². The lowest BCUT2D eigenvalue weighted by Gasteiger charge is -2.25. The van der Waals surface area contributed by atoms with E-state index in [4.69, 9.17) is 10.5 Å². The normalized spacial score (nSPS) is 19.0. The lowest BCUT2D eigenvalue weighted by Crippen LogP contribution is -2.35. The molecule has 98 valence electrons. The third-order valence-corrected chi connectivity index (χ3v) is 3.34. The topological polar surface area (TPSA) is 81.6 Å². The molecule has 0 saturated carbocycles. The molecule has 1 aliphatic heterocycles. The molecule has 0 aromatic heterocycles. The lowest BCUT2D eigenvalue weighted by molar-refractivity contribution is -0.384. The summed E-state index contributed by atoms with van der Waals surface area (Å²) >= 11 is 0. The van der Waals surface area contributed by atoms with Crippen molar-refractivity contribution in [1.29, 1.82) is 0 Å². The number of nitrogens with two attached hydrogens (primary N) is 1. The molecule has 6 heteroatoms. The summed E-state index contributed by atoms with van der Waals surface area (Å²) in [5.41, 5.74) is 6.42. The molecule has 0 radical (unpaired) electrons. The number of nitrogens with zero attached hydrogens (tertiary/aromatic N) is 2. The standard InChI is InChI=1S/C12H17N3O3/c1-18-10-4-5-11(12(7-10)15(16)17)14-6-2-3-9(14)8-13/h4-5,7,9H,2-3,6,8,13H2,1H3. The van der Waals surface area contributed by atoms with Crippen LogP contribution in [0.2, 0.25) is 0 Å². The second-order valence-electron chi connectivity index (χ2n) is 4.34. The summed E-state index contributed by atoms with van der Waals surface area (Å²) in [6.07, 6.45) is 2.00. The number of nitro benzene ring substituents is 1. The van der Waals surface area contributed by atoms with E-state index in [2.05, 4.69) is 0 Å². The highest BCUT2D eigenvalue weighted by Gasteiger charge is 2.29. The summed E-state index contributed by atoms with van der Waals surface area (Å²) in [5.74, 6) is 0.494. The Morgan fingerprint density at radius 1 is 1.61 bits per heavy atom. The van der Waals surface area contributed by atoms with E-state index >= 15 is 0 Å². The van der Waals surface area contributed by atoms with Gasteiger partial charge in [-0.2, -0.15) is 0 Å². The first kappa shape index (κ1) is 12.6. The smallest absolute Gasteiger partial charge is 0.296 e. The number of hydrogen-bond acceptors (Lipinski definition) is 5. The summed E-state index contributed by atoms with van der Waals surface area (Å²) in [6.45, 7) is 1.33. The van der Waals surface area contributed by atoms with E-state index in [1.807, 2.05) is 4.90 Å². The number of anilines is 1. The zero-order valence-corrected chi connectivity index (χ0v) is 10.3. The van der Waals surface area contributed by atoms with E-state index in [1.165, 1.54) is 13.2 Å². The minimum Gasteiger partial charge on any atom is -0.496 e. The van der Waals surface area contributed by atoms with Crippen molar-refractivity contribution >= 4 is 11.4 Å². The van der Waals surface area contributed by atoms with Crippen molar-refractivity contribution in [2.45, 2.75) is 18.9 Å². The van der Waals surface area contributed by atoms with Crippen LogP contribution in [0.4, 0.5) is 11.4 Å². The summed E-state index contributed by atoms with van der Waals surface area (Å²) in [6, 6.07) is 5.14. The fraction of sp³-hybridized carbons (Fsp3) is 0.500. The van der Waals surface area contributed by atoms with Crippen LogP contribution in [-0.2, 0) is 0 Å². The SMILES string of the molecule is COc1ccc(N2CCCC2CN)c([N+](=O)[O-])c1. The van der Waals surface area contributed by atoms with Crippen LogP contribution in [0, 0.1) is 10.1 Å². The van der Waals surface area contributed by atoms with Crippen LogP contribution in [0.15, 0.2) is 18.2 Å². The Hall–Kier alpha value is -1.82. The van der Waals surface area contributed by atoms with Gasteiger partial charge < -0.3 is 15.4 Å². The van der Waals surface area contributed by atoms with Gasteiger partial charge in [0, 0.05) is 19.1 Å². The predicted octanol–water partition coefficient (Wildman–Crippen LogP) is 1.53. The van der Waals surface area contributed by atoms with Crippen LogP contribution in [0.3, 0.4) is 0 Å². The number of rotatable bonds is 4. The summed E-state index contributed by atoms with van der Waals surface area (Å²) in [4.78, 5) is 12.8. The maximum atomic E-state index is 11.1.